The molecule has 160 valence electrons. The molecule has 0 fully saturated rings. The predicted octanol–water partition coefficient (Wildman–Crippen LogP) is 2.14. The van der Waals surface area contributed by atoms with Crippen LogP contribution in [0.5, 0.6) is 0 Å². The van der Waals surface area contributed by atoms with Crippen LogP contribution in [0.2, 0.25) is 0 Å². The number of nitrogens with zero attached hydrogens (tertiary/aromatic N) is 6. The molecule has 4 aromatic rings. The molecule has 14 heteroatoms. The van der Waals surface area contributed by atoms with E-state index in [0.29, 0.717) is 10.6 Å². The van der Waals surface area contributed by atoms with Crippen LogP contribution < -0.4 is 5.56 Å². The van der Waals surface area contributed by atoms with Crippen LogP contribution in [0.4, 0.5) is 13.2 Å². The van der Waals surface area contributed by atoms with Crippen molar-refractivity contribution < 1.29 is 27.6 Å². The van der Waals surface area contributed by atoms with Gasteiger partial charge in [-0.1, -0.05) is 0 Å². The van der Waals surface area contributed by atoms with Gasteiger partial charge in [-0.05, 0) is 0 Å². The summed E-state index contributed by atoms with van der Waals surface area (Å²) in [4.78, 5) is 16.8. The van der Waals surface area contributed by atoms with Crippen molar-refractivity contribution in [3.63, 3.8) is 0 Å². The molecule has 3 heterocycles. The third kappa shape index (κ3) is 3.37. The Morgan fingerprint density at radius 3 is 2.65 bits per heavy atom. The number of hydrogen-bond acceptors (Lipinski definition) is 7. The molecule has 1 atom stereocenters. The molecule has 31 heavy (non-hydrogen) atoms. The number of rotatable bonds is 4. The summed E-state index contributed by atoms with van der Waals surface area (Å²) in [5.41, 5.74) is -1.03. The fourth-order valence-corrected chi connectivity index (χ4v) is 3.54. The van der Waals surface area contributed by atoms with Gasteiger partial charge in [0.15, 0.2) is 0 Å². The van der Waals surface area contributed by atoms with Crippen molar-refractivity contribution in [3.05, 3.63) is 53.1 Å². The van der Waals surface area contributed by atoms with Gasteiger partial charge in [-0.3, -0.25) is 0 Å². The van der Waals surface area contributed by atoms with E-state index in [0.717, 1.165) is 17.0 Å². The average Bonchev–Trinajstić information content (AvgIpc) is 3.39. The van der Waals surface area contributed by atoms with Crippen LogP contribution in [0.25, 0.3) is 22.4 Å². The maximum absolute atomic E-state index is 13.9. The van der Waals surface area contributed by atoms with E-state index in [2.05, 4.69) is 15.2 Å². The number of hydrogen-bond donors (Lipinski definition) is 1. The maximum atomic E-state index is 13.9. The van der Waals surface area contributed by atoms with Crippen LogP contribution in [0.15, 0.2) is 42.0 Å². The summed E-state index contributed by atoms with van der Waals surface area (Å²) in [7, 11) is -0.842. The first kappa shape index (κ1) is 21.0. The number of ether oxygens (including phenoxy) is 1. The molecule has 0 aliphatic rings. The van der Waals surface area contributed by atoms with Crippen LogP contribution in [0.1, 0.15) is 12.5 Å². The van der Waals surface area contributed by atoms with E-state index >= 15 is 0 Å². The molecule has 1 unspecified atom stereocenters. The molecule has 0 aliphatic heterocycles. The van der Waals surface area contributed by atoms with Gasteiger partial charge in [0.05, 0.1) is 0 Å². The minimum absolute atomic E-state index is 0.0405. The van der Waals surface area contributed by atoms with E-state index < -0.39 is 31.1 Å². The quantitative estimate of drug-likeness (QED) is 0.373. The van der Waals surface area contributed by atoms with E-state index in [1.54, 1.807) is 0 Å². The number of aromatic nitrogens is 6. The molecule has 4 rings (SSSR count). The SMILES string of the molecule is CCOC(O)(C#P=O)n1c(=O)c2nncn2c2cc(-n3ccnc3)c(C(F)(F)F)cc21. The summed E-state index contributed by atoms with van der Waals surface area (Å²) in [6, 6.07) is 1.83. The second kappa shape index (κ2) is 7.47. The Labute approximate surface area is 171 Å². The predicted molar refractivity (Wildman–Crippen MR) is 100 cm³/mol. The van der Waals surface area contributed by atoms with Crippen molar-refractivity contribution in [1.29, 1.82) is 0 Å². The van der Waals surface area contributed by atoms with E-state index in [4.69, 9.17) is 4.74 Å². The second-order valence-electron chi connectivity index (χ2n) is 6.24. The Morgan fingerprint density at radius 2 is 2.03 bits per heavy atom. The van der Waals surface area contributed by atoms with Crippen molar-refractivity contribution in [2.24, 2.45) is 0 Å². The van der Waals surface area contributed by atoms with Crippen molar-refractivity contribution in [2.45, 2.75) is 19.0 Å². The second-order valence-corrected chi connectivity index (χ2v) is 6.64. The average molecular weight is 452 g/mol. The number of alkyl halides is 3. The standard InChI is InChI=1S/C17H12F3N6O4P/c1-2-30-16(28,7-31-29)26-13-5-10(17(18,19)20)11(24-4-3-21-8-24)6-12(13)25-9-22-23-14(25)15(26)27/h3-6,8-9,28H,2H2,1H3. The van der Waals surface area contributed by atoms with Gasteiger partial charge >= 0.3 is 171 Å². The van der Waals surface area contributed by atoms with Crippen molar-refractivity contribution in [3.8, 4) is 11.3 Å². The molecule has 0 saturated heterocycles. The summed E-state index contributed by atoms with van der Waals surface area (Å²) in [6.45, 7) is 1.29. The Bertz CT molecular complexity index is 1460. The number of benzene rings is 1. The minimum atomic E-state index is -4.83. The number of aliphatic hydroxyl groups is 1. The summed E-state index contributed by atoms with van der Waals surface area (Å²) >= 11 is 0. The van der Waals surface area contributed by atoms with Crippen molar-refractivity contribution in [1.82, 2.24) is 28.7 Å². The molecule has 0 amide bonds. The monoisotopic (exact) mass is 452 g/mol. The molecule has 1 N–H and O–H groups in total. The van der Waals surface area contributed by atoms with Gasteiger partial charge in [0, 0.05) is 0 Å². The number of imidazole rings is 1. The van der Waals surface area contributed by atoms with Gasteiger partial charge in [-0.25, -0.2) is 0 Å². The third-order valence-corrected chi connectivity index (χ3v) is 4.85. The number of fused-ring (bicyclic) bond motifs is 3. The third-order valence-electron chi connectivity index (χ3n) is 4.46. The molecule has 10 nitrogen and oxygen atoms in total. The summed E-state index contributed by atoms with van der Waals surface area (Å²) in [6.07, 6.45) is 0.136. The van der Waals surface area contributed by atoms with Crippen LogP contribution in [-0.4, -0.2) is 40.4 Å². The van der Waals surface area contributed by atoms with E-state index in [9.17, 15) is 27.6 Å². The first-order valence-corrected chi connectivity index (χ1v) is 9.47. The molecule has 3 aromatic heterocycles. The van der Waals surface area contributed by atoms with Gasteiger partial charge in [0.25, 0.3) is 0 Å². The topological polar surface area (TPSA) is 117 Å². The fourth-order valence-electron chi connectivity index (χ4n) is 3.26. The molecule has 0 aliphatic carbocycles. The number of halogens is 3. The van der Waals surface area contributed by atoms with Gasteiger partial charge in [-0.2, -0.15) is 0 Å². The van der Waals surface area contributed by atoms with Crippen LogP contribution in [0, 0.1) is 5.63 Å². The van der Waals surface area contributed by atoms with Gasteiger partial charge in [0.2, 0.25) is 0 Å². The summed E-state index contributed by atoms with van der Waals surface area (Å²) < 4.78 is 61.0. The van der Waals surface area contributed by atoms with Gasteiger partial charge < -0.3 is 0 Å². The van der Waals surface area contributed by atoms with E-state index in [1.165, 1.54) is 30.0 Å². The molecule has 0 bridgehead atoms. The fraction of sp³-hybridized carbons (Fsp3) is 0.235. The van der Waals surface area contributed by atoms with Gasteiger partial charge in [-0.15, -0.1) is 0 Å². The van der Waals surface area contributed by atoms with E-state index in [1.807, 2.05) is 5.63 Å². The summed E-state index contributed by atoms with van der Waals surface area (Å²) in [5.74, 6) is -2.74. The molecule has 1 aromatic carbocycles. The Balaban J connectivity index is 2.25. The Hall–Kier alpha value is -3.24. The first-order chi connectivity index (χ1) is 14.7. The molecule has 0 radical (unpaired) electrons. The van der Waals surface area contributed by atoms with Crippen LogP contribution in [0.3, 0.4) is 0 Å². The normalized spacial score (nSPS) is 14.0. The van der Waals surface area contributed by atoms with Gasteiger partial charge in [0.1, 0.15) is 0 Å². The van der Waals surface area contributed by atoms with E-state index in [-0.39, 0.29) is 29.0 Å². The molecule has 0 spiro atoms. The Kier molecular flexibility index (Phi) is 5.06. The molecule has 0 saturated carbocycles. The van der Waals surface area contributed by atoms with Crippen LogP contribution >= 0.6 is 7.92 Å². The molecular weight excluding hydrogens is 440 g/mol. The van der Waals surface area contributed by atoms with Crippen LogP contribution in [-0.2, 0) is 21.4 Å². The summed E-state index contributed by atoms with van der Waals surface area (Å²) in [5, 5.41) is 18.2. The van der Waals surface area contributed by atoms with Crippen molar-refractivity contribution >= 4 is 24.6 Å². The zero-order valence-corrected chi connectivity index (χ0v) is 16.5. The zero-order chi connectivity index (χ0) is 22.4. The van der Waals surface area contributed by atoms with Crippen molar-refractivity contribution in [2.75, 3.05) is 6.61 Å². The molecular formula is C17H12F3N6O4P. The zero-order valence-electron chi connectivity index (χ0n) is 15.6. The Morgan fingerprint density at radius 1 is 1.26 bits per heavy atom. The first-order valence-electron chi connectivity index (χ1n) is 8.65.